The van der Waals surface area contributed by atoms with Crippen molar-refractivity contribution in [1.82, 2.24) is 10.3 Å². The van der Waals surface area contributed by atoms with E-state index in [0.717, 1.165) is 16.7 Å². The molecule has 9 nitrogen and oxygen atoms in total. The number of nitrogens with one attached hydrogen (secondary N) is 1. The van der Waals surface area contributed by atoms with Gasteiger partial charge in [-0.15, -0.1) is 11.3 Å². The lowest BCUT2D eigenvalue weighted by Gasteiger charge is -2.31. The predicted molar refractivity (Wildman–Crippen MR) is 157 cm³/mol. The summed E-state index contributed by atoms with van der Waals surface area (Å²) in [6, 6.07) is 11.3. The highest BCUT2D eigenvalue weighted by molar-refractivity contribution is 7.13. The lowest BCUT2D eigenvalue weighted by Crippen LogP contribution is -2.32. The number of hydrogen-bond acceptors (Lipinski definition) is 10. The average molecular weight is 579 g/mol. The molecule has 4 rings (SSSR count). The normalized spacial score (nSPS) is 13.5. The van der Waals surface area contributed by atoms with Gasteiger partial charge in [-0.3, -0.25) is 0 Å². The molecule has 3 aromatic rings. The molecule has 0 aliphatic carbocycles. The Morgan fingerprint density at radius 1 is 0.878 bits per heavy atom. The van der Waals surface area contributed by atoms with E-state index in [2.05, 4.69) is 5.32 Å². The first-order valence-corrected chi connectivity index (χ1v) is 14.0. The Morgan fingerprint density at radius 2 is 1.44 bits per heavy atom. The summed E-state index contributed by atoms with van der Waals surface area (Å²) in [7, 11) is 4.69. The van der Waals surface area contributed by atoms with Gasteiger partial charge in [0.25, 0.3) is 0 Å². The van der Waals surface area contributed by atoms with E-state index >= 15 is 0 Å². The molecule has 0 saturated heterocycles. The van der Waals surface area contributed by atoms with Crippen molar-refractivity contribution in [3.63, 3.8) is 0 Å². The van der Waals surface area contributed by atoms with Gasteiger partial charge in [0.15, 0.2) is 11.5 Å². The third kappa shape index (κ3) is 5.78. The molecule has 2 aromatic carbocycles. The zero-order chi connectivity index (χ0) is 29.7. The summed E-state index contributed by atoms with van der Waals surface area (Å²) in [6.07, 6.45) is 0. The number of ether oxygens (including phenoxy) is 5. The molecule has 41 heavy (non-hydrogen) atoms. The van der Waals surface area contributed by atoms with Crippen LogP contribution in [0.1, 0.15) is 39.2 Å². The maximum Gasteiger partial charge on any atom is 0.336 e. The third-order valence-corrected chi connectivity index (χ3v) is 7.59. The fraction of sp³-hybridized carbons (Fsp3) is 0.323. The van der Waals surface area contributed by atoms with Crippen LogP contribution >= 0.6 is 11.3 Å². The molecule has 0 bridgehead atoms. The fourth-order valence-corrected chi connectivity index (χ4v) is 5.84. The van der Waals surface area contributed by atoms with Crippen molar-refractivity contribution in [2.24, 2.45) is 0 Å². The van der Waals surface area contributed by atoms with Crippen LogP contribution < -0.4 is 19.5 Å². The number of thiazole rings is 1. The second-order valence-corrected chi connectivity index (χ2v) is 9.97. The summed E-state index contributed by atoms with van der Waals surface area (Å²) in [6.45, 7) is 7.51. The number of carbonyl (C=O) groups excluding carboxylic acids is 2. The zero-order valence-corrected chi connectivity index (χ0v) is 25.1. The van der Waals surface area contributed by atoms with Gasteiger partial charge in [-0.05, 0) is 45.4 Å². The first-order valence-electron chi connectivity index (χ1n) is 13.2. The monoisotopic (exact) mass is 578 g/mol. The number of esters is 2. The Kier molecular flexibility index (Phi) is 9.34. The van der Waals surface area contributed by atoms with Crippen LogP contribution in [0, 0.1) is 0 Å². The maximum atomic E-state index is 13.3. The summed E-state index contributed by atoms with van der Waals surface area (Å²) < 4.78 is 27.4. The van der Waals surface area contributed by atoms with Crippen LogP contribution in [0.25, 0.3) is 21.8 Å². The minimum Gasteiger partial charge on any atom is -0.493 e. The number of carbonyl (C=O) groups is 2. The lowest BCUT2D eigenvalue weighted by atomic mass is 9.78. The molecule has 1 aliphatic rings. The highest BCUT2D eigenvalue weighted by atomic mass is 32.1. The standard InChI is InChI=1S/C31H34N2O7S/c1-8-39-30(34)25-17(3)32-18(4)26(31(35)40-9-2)27(25)20-12-10-11-13-21(20)29-33-22(16-41-29)19-14-23(36-5)28(38-7)24(15-19)37-6/h10-16,27,32H,8-9H2,1-7H3. The van der Waals surface area contributed by atoms with Gasteiger partial charge < -0.3 is 29.0 Å². The van der Waals surface area contributed by atoms with E-state index in [0.29, 0.717) is 50.5 Å². The van der Waals surface area contributed by atoms with E-state index in [1.54, 1.807) is 49.0 Å². The minimum atomic E-state index is -0.723. The third-order valence-electron chi connectivity index (χ3n) is 6.72. The van der Waals surface area contributed by atoms with Crippen LogP contribution in [0.15, 0.2) is 64.3 Å². The number of benzene rings is 2. The minimum absolute atomic E-state index is 0.200. The molecular formula is C31H34N2O7S. The molecular weight excluding hydrogens is 544 g/mol. The van der Waals surface area contributed by atoms with Gasteiger partial charge in [0, 0.05) is 27.9 Å². The number of hydrogen-bond donors (Lipinski definition) is 1. The molecule has 0 amide bonds. The second kappa shape index (κ2) is 12.9. The van der Waals surface area contributed by atoms with Crippen LogP contribution in [0.2, 0.25) is 0 Å². The number of aromatic nitrogens is 1. The molecule has 10 heteroatoms. The van der Waals surface area contributed by atoms with Gasteiger partial charge in [-0.25, -0.2) is 14.6 Å². The molecule has 1 aliphatic heterocycles. The van der Waals surface area contributed by atoms with Crippen molar-refractivity contribution >= 4 is 23.3 Å². The van der Waals surface area contributed by atoms with Crippen LogP contribution in [-0.2, 0) is 19.1 Å². The lowest BCUT2D eigenvalue weighted by molar-refractivity contribution is -0.139. The van der Waals surface area contributed by atoms with E-state index in [4.69, 9.17) is 28.7 Å². The van der Waals surface area contributed by atoms with Gasteiger partial charge >= 0.3 is 11.9 Å². The summed E-state index contributed by atoms with van der Waals surface area (Å²) in [5, 5.41) is 5.84. The Hall–Kier alpha value is -4.31. The maximum absolute atomic E-state index is 13.3. The number of nitrogens with zero attached hydrogens (tertiary/aromatic N) is 1. The number of rotatable bonds is 10. The summed E-state index contributed by atoms with van der Waals surface area (Å²) in [4.78, 5) is 31.5. The number of dihydropyridines is 1. The molecule has 216 valence electrons. The van der Waals surface area contributed by atoms with E-state index in [9.17, 15) is 9.59 Å². The summed E-state index contributed by atoms with van der Waals surface area (Å²) >= 11 is 1.45. The molecule has 2 heterocycles. The van der Waals surface area contributed by atoms with Crippen molar-refractivity contribution in [1.29, 1.82) is 0 Å². The molecule has 1 N–H and O–H groups in total. The Balaban J connectivity index is 1.88. The van der Waals surface area contributed by atoms with E-state index < -0.39 is 17.9 Å². The second-order valence-electron chi connectivity index (χ2n) is 9.12. The SMILES string of the molecule is CCOC(=O)C1=C(C)NC(C)=C(C(=O)OCC)C1c1ccccc1-c1nc(-c2cc(OC)c(OC)c(OC)c2)cs1. The highest BCUT2D eigenvalue weighted by Gasteiger charge is 2.39. The quantitative estimate of drug-likeness (QED) is 0.296. The van der Waals surface area contributed by atoms with Crippen molar-refractivity contribution in [3.05, 3.63) is 69.9 Å². The molecule has 0 atom stereocenters. The molecule has 0 spiro atoms. The van der Waals surface area contributed by atoms with Crippen molar-refractivity contribution < 1.29 is 33.3 Å². The molecule has 1 aromatic heterocycles. The molecule has 0 fully saturated rings. The number of allylic oxidation sites excluding steroid dienone is 2. The first kappa shape index (κ1) is 29.7. The van der Waals surface area contributed by atoms with Gasteiger partial charge in [0.1, 0.15) is 5.01 Å². The smallest absolute Gasteiger partial charge is 0.336 e. The Morgan fingerprint density at radius 3 is 1.95 bits per heavy atom. The highest BCUT2D eigenvalue weighted by Crippen LogP contribution is 2.45. The zero-order valence-electron chi connectivity index (χ0n) is 24.2. The van der Waals surface area contributed by atoms with Crippen molar-refractivity contribution in [2.75, 3.05) is 34.5 Å². The van der Waals surface area contributed by atoms with Crippen LogP contribution in [-0.4, -0.2) is 51.5 Å². The van der Waals surface area contributed by atoms with Crippen LogP contribution in [0.3, 0.4) is 0 Å². The first-order chi connectivity index (χ1) is 19.8. The predicted octanol–water partition coefficient (Wildman–Crippen LogP) is 5.86. The summed E-state index contributed by atoms with van der Waals surface area (Å²) in [5.74, 6) is -0.184. The fourth-order valence-electron chi connectivity index (χ4n) is 4.97. The molecule has 0 unspecified atom stereocenters. The Labute approximate surface area is 243 Å². The Bertz CT molecular complexity index is 1460. The van der Waals surface area contributed by atoms with Gasteiger partial charge in [0.05, 0.1) is 57.3 Å². The molecule has 0 saturated carbocycles. The van der Waals surface area contributed by atoms with E-state index in [1.807, 2.05) is 41.8 Å². The van der Waals surface area contributed by atoms with Crippen molar-refractivity contribution in [3.8, 4) is 39.1 Å². The summed E-state index contributed by atoms with van der Waals surface area (Å²) in [5.41, 5.74) is 4.96. The largest absolute Gasteiger partial charge is 0.493 e. The van der Waals surface area contributed by atoms with Crippen LogP contribution in [0.5, 0.6) is 17.2 Å². The van der Waals surface area contributed by atoms with Gasteiger partial charge in [0.2, 0.25) is 5.75 Å². The van der Waals surface area contributed by atoms with Gasteiger partial charge in [-0.1, -0.05) is 24.3 Å². The van der Waals surface area contributed by atoms with Gasteiger partial charge in [-0.2, -0.15) is 0 Å². The van der Waals surface area contributed by atoms with E-state index in [-0.39, 0.29) is 13.2 Å². The van der Waals surface area contributed by atoms with E-state index in [1.165, 1.54) is 11.3 Å². The van der Waals surface area contributed by atoms with Crippen molar-refractivity contribution in [2.45, 2.75) is 33.6 Å². The number of methoxy groups -OCH3 is 3. The average Bonchev–Trinajstić information content (AvgIpc) is 3.46. The topological polar surface area (TPSA) is 105 Å². The molecule has 0 radical (unpaired) electrons. The van der Waals surface area contributed by atoms with Crippen LogP contribution in [0.4, 0.5) is 0 Å².